The summed E-state index contributed by atoms with van der Waals surface area (Å²) >= 11 is 1.13. The van der Waals surface area contributed by atoms with Crippen molar-refractivity contribution in [3.05, 3.63) is 52.7 Å². The van der Waals surface area contributed by atoms with Crippen LogP contribution in [0.4, 0.5) is 5.13 Å². The number of benzene rings is 1. The Balaban J connectivity index is 1.57. The van der Waals surface area contributed by atoms with Crippen LogP contribution in [-0.2, 0) is 19.2 Å². The fourth-order valence-corrected chi connectivity index (χ4v) is 4.09. The van der Waals surface area contributed by atoms with Gasteiger partial charge in [-0.05, 0) is 5.56 Å². The van der Waals surface area contributed by atoms with Gasteiger partial charge in [0.1, 0.15) is 18.8 Å². The molecule has 0 radical (unpaired) electrons. The summed E-state index contributed by atoms with van der Waals surface area (Å²) in [5.41, 5.74) is 6.83. The number of rotatable bonds is 6. The number of anilines is 1. The van der Waals surface area contributed by atoms with Crippen LogP contribution in [0, 0.1) is 0 Å². The third-order valence-corrected chi connectivity index (χ3v) is 5.49. The molecule has 12 heteroatoms. The molecule has 2 aliphatic rings. The summed E-state index contributed by atoms with van der Waals surface area (Å²) in [6.07, 6.45) is 0. The van der Waals surface area contributed by atoms with Crippen molar-refractivity contribution in [1.29, 1.82) is 0 Å². The van der Waals surface area contributed by atoms with Crippen molar-refractivity contribution in [3.63, 3.8) is 0 Å². The van der Waals surface area contributed by atoms with E-state index < -0.39 is 23.8 Å². The molecule has 1 saturated heterocycles. The number of thiazole rings is 1. The number of carboxylic acids is 1. The Morgan fingerprint density at radius 2 is 2.10 bits per heavy atom. The summed E-state index contributed by atoms with van der Waals surface area (Å²) in [5.74, 6) is -2.45. The van der Waals surface area contributed by atoms with Crippen LogP contribution in [0.3, 0.4) is 0 Å². The van der Waals surface area contributed by atoms with E-state index in [1.165, 1.54) is 7.11 Å². The molecule has 0 spiro atoms. The monoisotopic (exact) mass is 442 g/mol. The predicted molar refractivity (Wildman–Crippen MR) is 111 cm³/mol. The SMILES string of the molecule is CO/N=C(/C(=O)N[C@H]1CN2CC(c3ccccc3)=C(C(=O)O)N2C1=O)c1csc(N)n1. The lowest BCUT2D eigenvalue weighted by atomic mass is 10.0. The molecule has 0 unspecified atom stereocenters. The second-order valence-corrected chi connectivity index (χ2v) is 7.60. The van der Waals surface area contributed by atoms with Crippen molar-refractivity contribution in [2.45, 2.75) is 6.04 Å². The molecule has 1 atom stereocenters. The van der Waals surface area contributed by atoms with Crippen molar-refractivity contribution >= 4 is 45.5 Å². The summed E-state index contributed by atoms with van der Waals surface area (Å²) in [7, 11) is 1.28. The standard InChI is InChI=1S/C19H18N6O5S/c1-30-23-14(13-9-31-19(20)22-13)16(26)21-12-8-24-7-11(10-5-3-2-4-6-10)15(18(28)29)25(24)17(12)27/h2-6,9,12H,7-8H2,1H3,(H2,20,22)(H,21,26)(H,28,29)/b23-14+/t12-/m0/s1. The van der Waals surface area contributed by atoms with E-state index in [9.17, 15) is 19.5 Å². The molecule has 0 aliphatic carbocycles. The van der Waals surface area contributed by atoms with Gasteiger partial charge in [-0.15, -0.1) is 11.3 Å². The molecule has 2 aromatic rings. The second-order valence-electron chi connectivity index (χ2n) is 6.72. The minimum Gasteiger partial charge on any atom is -0.477 e. The van der Waals surface area contributed by atoms with Crippen molar-refractivity contribution in [2.75, 3.05) is 25.9 Å². The Morgan fingerprint density at radius 1 is 1.35 bits per heavy atom. The van der Waals surface area contributed by atoms with Gasteiger partial charge in [-0.2, -0.15) is 0 Å². The van der Waals surface area contributed by atoms with E-state index >= 15 is 0 Å². The maximum absolute atomic E-state index is 13.0. The number of nitrogens with one attached hydrogen (secondary N) is 1. The fraction of sp³-hybridized carbons (Fsp3) is 0.211. The molecular formula is C19H18N6O5S. The van der Waals surface area contributed by atoms with Crippen LogP contribution in [0.15, 0.2) is 46.6 Å². The van der Waals surface area contributed by atoms with Crippen molar-refractivity contribution in [1.82, 2.24) is 20.3 Å². The molecule has 4 rings (SSSR count). The largest absolute Gasteiger partial charge is 0.477 e. The quantitative estimate of drug-likeness (QED) is 0.422. The molecule has 2 amide bonds. The molecule has 160 valence electrons. The third kappa shape index (κ3) is 3.73. The van der Waals surface area contributed by atoms with Crippen LogP contribution in [-0.4, -0.2) is 69.8 Å². The number of carbonyl (C=O) groups excluding carboxylic acids is 2. The molecule has 31 heavy (non-hydrogen) atoms. The first-order valence-corrected chi connectivity index (χ1v) is 10.0. The number of carboxylic acid groups (broad SMARTS) is 1. The maximum Gasteiger partial charge on any atom is 0.354 e. The van der Waals surface area contributed by atoms with Crippen LogP contribution in [0.1, 0.15) is 11.3 Å². The minimum absolute atomic E-state index is 0.108. The number of hydrogen-bond donors (Lipinski definition) is 3. The van der Waals surface area contributed by atoms with E-state index in [2.05, 4.69) is 15.5 Å². The van der Waals surface area contributed by atoms with Crippen LogP contribution < -0.4 is 11.1 Å². The first kappa shape index (κ1) is 20.5. The van der Waals surface area contributed by atoms with Gasteiger partial charge in [0.15, 0.2) is 16.5 Å². The first-order valence-electron chi connectivity index (χ1n) is 9.14. The molecule has 1 fully saturated rings. The zero-order valence-corrected chi connectivity index (χ0v) is 17.1. The Labute approximate surface area is 180 Å². The number of nitrogens with two attached hydrogens (primary N) is 1. The summed E-state index contributed by atoms with van der Waals surface area (Å²) in [4.78, 5) is 46.5. The summed E-state index contributed by atoms with van der Waals surface area (Å²) in [6.45, 7) is 0.336. The highest BCUT2D eigenvalue weighted by molar-refractivity contribution is 7.13. The predicted octanol–water partition coefficient (Wildman–Crippen LogP) is 0.129. The third-order valence-electron chi connectivity index (χ3n) is 4.81. The van der Waals surface area contributed by atoms with E-state index in [1.54, 1.807) is 34.7 Å². The molecule has 3 heterocycles. The number of hydrazine groups is 1. The summed E-state index contributed by atoms with van der Waals surface area (Å²) in [5, 5.41) is 20.5. The number of oxime groups is 1. The zero-order chi connectivity index (χ0) is 22.1. The van der Waals surface area contributed by atoms with Gasteiger partial charge in [0.2, 0.25) is 0 Å². The van der Waals surface area contributed by atoms with Gasteiger partial charge in [-0.3, -0.25) is 9.59 Å². The Morgan fingerprint density at radius 3 is 2.71 bits per heavy atom. The highest BCUT2D eigenvalue weighted by Crippen LogP contribution is 2.34. The van der Waals surface area contributed by atoms with E-state index in [0.29, 0.717) is 5.57 Å². The summed E-state index contributed by atoms with van der Waals surface area (Å²) < 4.78 is 0. The molecule has 11 nitrogen and oxygen atoms in total. The van der Waals surface area contributed by atoms with Gasteiger partial charge >= 0.3 is 5.97 Å². The number of nitrogens with zero attached hydrogens (tertiary/aromatic N) is 4. The molecule has 0 saturated carbocycles. The van der Waals surface area contributed by atoms with E-state index in [4.69, 9.17) is 10.6 Å². The Bertz CT molecular complexity index is 1110. The average molecular weight is 442 g/mol. The number of amides is 2. The first-order chi connectivity index (χ1) is 14.9. The van der Waals surface area contributed by atoms with Crippen molar-refractivity contribution in [3.8, 4) is 0 Å². The van der Waals surface area contributed by atoms with Crippen LogP contribution in [0.25, 0.3) is 5.57 Å². The van der Waals surface area contributed by atoms with Crippen LogP contribution >= 0.6 is 11.3 Å². The highest BCUT2D eigenvalue weighted by Gasteiger charge is 2.48. The average Bonchev–Trinajstić information content (AvgIpc) is 3.42. The topological polar surface area (TPSA) is 150 Å². The minimum atomic E-state index is -1.22. The van der Waals surface area contributed by atoms with Crippen molar-refractivity contribution in [2.24, 2.45) is 5.16 Å². The Hall–Kier alpha value is -3.77. The van der Waals surface area contributed by atoms with Gasteiger partial charge in [-0.1, -0.05) is 35.5 Å². The lowest BCUT2D eigenvalue weighted by molar-refractivity contribution is -0.143. The van der Waals surface area contributed by atoms with Gasteiger partial charge in [0, 0.05) is 24.0 Å². The lowest BCUT2D eigenvalue weighted by Crippen LogP contribution is -2.46. The molecule has 1 aromatic heterocycles. The molecule has 0 bridgehead atoms. The molecular weight excluding hydrogens is 424 g/mol. The van der Waals surface area contributed by atoms with E-state index in [0.717, 1.165) is 21.9 Å². The molecule has 1 aromatic carbocycles. The van der Waals surface area contributed by atoms with Gasteiger partial charge in [0.25, 0.3) is 11.8 Å². The maximum atomic E-state index is 13.0. The highest BCUT2D eigenvalue weighted by atomic mass is 32.1. The fourth-order valence-electron chi connectivity index (χ4n) is 3.54. The van der Waals surface area contributed by atoms with E-state index in [-0.39, 0.29) is 35.3 Å². The van der Waals surface area contributed by atoms with Crippen LogP contribution in [0.2, 0.25) is 0 Å². The smallest absolute Gasteiger partial charge is 0.354 e. The summed E-state index contributed by atoms with van der Waals surface area (Å²) in [6, 6.07) is 8.04. The molecule has 4 N–H and O–H groups in total. The number of carbonyl (C=O) groups is 3. The number of nitrogen functional groups attached to an aromatic ring is 1. The number of fused-ring (bicyclic) bond motifs is 1. The van der Waals surface area contributed by atoms with Gasteiger partial charge in [-0.25, -0.2) is 19.8 Å². The Kier molecular flexibility index (Phi) is 5.40. The second kappa shape index (κ2) is 8.16. The van der Waals surface area contributed by atoms with Gasteiger partial charge < -0.3 is 21.0 Å². The zero-order valence-electron chi connectivity index (χ0n) is 16.3. The lowest BCUT2D eigenvalue weighted by Gasteiger charge is -2.19. The van der Waals surface area contributed by atoms with E-state index in [1.807, 2.05) is 6.07 Å². The van der Waals surface area contributed by atoms with Crippen LogP contribution in [0.5, 0.6) is 0 Å². The molecule has 2 aliphatic heterocycles. The van der Waals surface area contributed by atoms with Crippen molar-refractivity contribution < 1.29 is 24.3 Å². The normalized spacial score (nSPS) is 19.0. The number of aliphatic carboxylic acids is 1. The van der Waals surface area contributed by atoms with Gasteiger partial charge in [0.05, 0.1) is 0 Å². The number of hydrogen-bond acceptors (Lipinski definition) is 9. The number of aromatic nitrogens is 1.